The van der Waals surface area contributed by atoms with Crippen molar-refractivity contribution in [3.8, 4) is 5.88 Å². The number of amides is 1. The molecular weight excluding hydrogens is 368 g/mol. The number of carbonyl (C=O) groups is 1. The molecule has 0 saturated carbocycles. The van der Waals surface area contributed by atoms with Crippen molar-refractivity contribution < 1.29 is 14.6 Å². The number of benzene rings is 1. The Labute approximate surface area is 170 Å². The zero-order valence-corrected chi connectivity index (χ0v) is 16.4. The van der Waals surface area contributed by atoms with E-state index in [9.17, 15) is 9.90 Å². The average Bonchev–Trinajstić information content (AvgIpc) is 2.78. The number of carbonyl (C=O) groups excluding carboxylic acids is 1. The van der Waals surface area contributed by atoms with Gasteiger partial charge in [-0.1, -0.05) is 24.3 Å². The second-order valence-corrected chi connectivity index (χ2v) is 7.69. The summed E-state index contributed by atoms with van der Waals surface area (Å²) in [5.41, 5.74) is 2.96. The minimum Gasteiger partial charge on any atom is -0.474 e. The van der Waals surface area contributed by atoms with Crippen LogP contribution in [0.25, 0.3) is 0 Å². The Balaban J connectivity index is 1.26. The number of nitrogens with one attached hydrogen (secondary N) is 3. The van der Waals surface area contributed by atoms with Crippen LogP contribution in [0.1, 0.15) is 34.3 Å². The smallest absolute Gasteiger partial charge is 0.252 e. The lowest BCUT2D eigenvalue weighted by atomic mass is 9.93. The summed E-state index contributed by atoms with van der Waals surface area (Å²) in [6, 6.07) is 11.6. The van der Waals surface area contributed by atoms with Crippen LogP contribution in [0.4, 0.5) is 0 Å². The molecule has 2 aliphatic heterocycles. The van der Waals surface area contributed by atoms with Crippen molar-refractivity contribution in [2.75, 3.05) is 19.6 Å². The molecule has 29 heavy (non-hydrogen) atoms. The minimum atomic E-state index is -0.664. The predicted molar refractivity (Wildman–Crippen MR) is 110 cm³/mol. The summed E-state index contributed by atoms with van der Waals surface area (Å²) in [6.45, 7) is 2.82. The summed E-state index contributed by atoms with van der Waals surface area (Å²) in [7, 11) is 0. The molecule has 0 aliphatic carbocycles. The first-order valence-electron chi connectivity index (χ1n) is 10.3. The zero-order valence-electron chi connectivity index (χ0n) is 16.4. The predicted octanol–water partition coefficient (Wildman–Crippen LogP) is 1.02. The van der Waals surface area contributed by atoms with Crippen molar-refractivity contribution >= 4 is 5.91 Å². The lowest BCUT2D eigenvalue weighted by molar-refractivity contribution is 0.0869. The van der Waals surface area contributed by atoms with Crippen LogP contribution in [0.5, 0.6) is 5.88 Å². The first kappa shape index (κ1) is 19.8. The maximum absolute atomic E-state index is 12.4. The van der Waals surface area contributed by atoms with Crippen LogP contribution in [0, 0.1) is 0 Å². The highest BCUT2D eigenvalue weighted by atomic mass is 16.5. The molecule has 4 rings (SSSR count). The van der Waals surface area contributed by atoms with Gasteiger partial charge in [0.25, 0.3) is 5.91 Å². The molecule has 7 heteroatoms. The highest BCUT2D eigenvalue weighted by Crippen LogP contribution is 2.18. The summed E-state index contributed by atoms with van der Waals surface area (Å²) < 4.78 is 5.87. The van der Waals surface area contributed by atoms with Crippen LogP contribution >= 0.6 is 0 Å². The molecule has 1 saturated heterocycles. The number of aliphatic hydroxyl groups is 1. The summed E-state index contributed by atoms with van der Waals surface area (Å²) in [5, 5.41) is 20.0. The van der Waals surface area contributed by atoms with E-state index in [4.69, 9.17) is 4.74 Å². The fraction of sp³-hybridized carbons (Fsp3) is 0.455. The topological polar surface area (TPSA) is 95.5 Å². The van der Waals surface area contributed by atoms with Gasteiger partial charge in [-0.3, -0.25) is 4.79 Å². The van der Waals surface area contributed by atoms with Gasteiger partial charge in [-0.2, -0.15) is 0 Å². The number of piperidine rings is 1. The Morgan fingerprint density at radius 1 is 1.21 bits per heavy atom. The van der Waals surface area contributed by atoms with E-state index >= 15 is 0 Å². The van der Waals surface area contributed by atoms with E-state index in [0.29, 0.717) is 11.4 Å². The van der Waals surface area contributed by atoms with Gasteiger partial charge in [0, 0.05) is 31.4 Å². The SMILES string of the molecule is O=C(NCC(O)C1Cc2ccccc2CN1)c1ccc(OC2CCNCC2)nc1. The van der Waals surface area contributed by atoms with Crippen LogP contribution in [0.15, 0.2) is 42.6 Å². The lowest BCUT2D eigenvalue weighted by Crippen LogP contribution is -2.49. The quantitative estimate of drug-likeness (QED) is 0.582. The van der Waals surface area contributed by atoms with Crippen molar-refractivity contribution in [3.63, 3.8) is 0 Å². The van der Waals surface area contributed by atoms with Gasteiger partial charge in [0.1, 0.15) is 6.10 Å². The van der Waals surface area contributed by atoms with Gasteiger partial charge < -0.3 is 25.8 Å². The van der Waals surface area contributed by atoms with Gasteiger partial charge >= 0.3 is 0 Å². The van der Waals surface area contributed by atoms with Crippen molar-refractivity contribution in [1.29, 1.82) is 0 Å². The molecule has 1 aromatic carbocycles. The molecule has 2 aliphatic rings. The number of fused-ring (bicyclic) bond motifs is 1. The molecule has 7 nitrogen and oxygen atoms in total. The number of hydrogen-bond acceptors (Lipinski definition) is 6. The molecule has 1 aromatic heterocycles. The highest BCUT2D eigenvalue weighted by molar-refractivity contribution is 5.93. The summed E-state index contributed by atoms with van der Waals surface area (Å²) in [4.78, 5) is 16.7. The van der Waals surface area contributed by atoms with E-state index in [2.05, 4.69) is 33.1 Å². The molecule has 0 spiro atoms. The highest BCUT2D eigenvalue weighted by Gasteiger charge is 2.24. The fourth-order valence-corrected chi connectivity index (χ4v) is 3.86. The molecule has 154 valence electrons. The standard InChI is InChI=1S/C22H28N4O3/c27-20(19-11-15-3-1-2-4-16(15)12-24-19)14-26-22(28)17-5-6-21(25-13-17)29-18-7-9-23-10-8-18/h1-6,13,18-20,23-24,27H,7-12,14H2,(H,26,28). The second-order valence-electron chi connectivity index (χ2n) is 7.69. The van der Waals surface area contributed by atoms with Gasteiger partial charge in [0.05, 0.1) is 11.7 Å². The van der Waals surface area contributed by atoms with Gasteiger partial charge in [-0.25, -0.2) is 4.98 Å². The first-order valence-corrected chi connectivity index (χ1v) is 10.3. The van der Waals surface area contributed by atoms with E-state index < -0.39 is 6.10 Å². The number of nitrogens with zero attached hydrogens (tertiary/aromatic N) is 1. The van der Waals surface area contributed by atoms with Crippen molar-refractivity contribution in [2.45, 2.75) is 44.1 Å². The summed E-state index contributed by atoms with van der Waals surface area (Å²) in [5.74, 6) is 0.291. The Hall–Kier alpha value is -2.48. The van der Waals surface area contributed by atoms with Crippen molar-refractivity contribution in [2.24, 2.45) is 0 Å². The molecule has 2 aromatic rings. The van der Waals surface area contributed by atoms with E-state index in [1.54, 1.807) is 12.1 Å². The van der Waals surface area contributed by atoms with Crippen LogP contribution in [0.2, 0.25) is 0 Å². The van der Waals surface area contributed by atoms with Crippen LogP contribution in [0.3, 0.4) is 0 Å². The van der Waals surface area contributed by atoms with E-state index in [1.807, 2.05) is 12.1 Å². The largest absolute Gasteiger partial charge is 0.474 e. The second kappa shape index (κ2) is 9.35. The molecule has 1 amide bonds. The van der Waals surface area contributed by atoms with Crippen LogP contribution in [-0.2, 0) is 13.0 Å². The van der Waals surface area contributed by atoms with E-state index in [1.165, 1.54) is 17.3 Å². The first-order chi connectivity index (χ1) is 14.2. The van der Waals surface area contributed by atoms with Crippen molar-refractivity contribution in [1.82, 2.24) is 20.9 Å². The minimum absolute atomic E-state index is 0.0796. The van der Waals surface area contributed by atoms with E-state index in [-0.39, 0.29) is 24.6 Å². The molecule has 4 N–H and O–H groups in total. The molecule has 0 bridgehead atoms. The third-order valence-electron chi connectivity index (χ3n) is 5.62. The number of ether oxygens (including phenoxy) is 1. The Morgan fingerprint density at radius 2 is 2.00 bits per heavy atom. The Morgan fingerprint density at radius 3 is 2.76 bits per heavy atom. The van der Waals surface area contributed by atoms with Crippen LogP contribution in [-0.4, -0.2) is 53.9 Å². The maximum atomic E-state index is 12.4. The monoisotopic (exact) mass is 396 g/mol. The number of hydrogen-bond donors (Lipinski definition) is 4. The molecule has 2 atom stereocenters. The summed E-state index contributed by atoms with van der Waals surface area (Å²) >= 11 is 0. The average molecular weight is 396 g/mol. The molecule has 2 unspecified atom stereocenters. The van der Waals surface area contributed by atoms with Gasteiger partial charge in [0.2, 0.25) is 5.88 Å². The number of aliphatic hydroxyl groups excluding tert-OH is 1. The molecule has 1 fully saturated rings. The molecule has 3 heterocycles. The third-order valence-corrected chi connectivity index (χ3v) is 5.62. The number of rotatable bonds is 6. The van der Waals surface area contributed by atoms with Gasteiger partial charge in [-0.15, -0.1) is 0 Å². The normalized spacial score (nSPS) is 20.5. The molecular formula is C22H28N4O3. The Kier molecular flexibility index (Phi) is 6.39. The van der Waals surface area contributed by atoms with E-state index in [0.717, 1.165) is 38.9 Å². The third kappa shape index (κ3) is 5.12. The van der Waals surface area contributed by atoms with Crippen molar-refractivity contribution in [3.05, 3.63) is 59.3 Å². The Bertz CT molecular complexity index is 821. The van der Waals surface area contributed by atoms with Crippen LogP contribution < -0.4 is 20.7 Å². The fourth-order valence-electron chi connectivity index (χ4n) is 3.86. The summed E-state index contributed by atoms with van der Waals surface area (Å²) in [6.07, 6.45) is 3.70. The zero-order chi connectivity index (χ0) is 20.1. The lowest BCUT2D eigenvalue weighted by Gasteiger charge is -2.30. The molecule has 0 radical (unpaired) electrons. The number of pyridine rings is 1. The maximum Gasteiger partial charge on any atom is 0.252 e. The van der Waals surface area contributed by atoms with Gasteiger partial charge in [-0.05, 0) is 49.5 Å². The van der Waals surface area contributed by atoms with Gasteiger partial charge in [0.15, 0.2) is 0 Å². The number of aromatic nitrogens is 1.